The van der Waals surface area contributed by atoms with Crippen LogP contribution in [-0.2, 0) is 6.54 Å². The zero-order valence-electron chi connectivity index (χ0n) is 13.9. The van der Waals surface area contributed by atoms with E-state index in [1.165, 1.54) is 0 Å². The number of hydrogen-bond acceptors (Lipinski definition) is 5. The van der Waals surface area contributed by atoms with E-state index in [0.29, 0.717) is 18.9 Å². The normalized spacial score (nSPS) is 18.0. The van der Waals surface area contributed by atoms with Crippen LogP contribution in [-0.4, -0.2) is 22.0 Å². The van der Waals surface area contributed by atoms with Gasteiger partial charge in [-0.25, -0.2) is 9.98 Å². The van der Waals surface area contributed by atoms with E-state index >= 15 is 0 Å². The molecule has 0 saturated carbocycles. The van der Waals surface area contributed by atoms with Crippen LogP contribution >= 0.6 is 11.3 Å². The highest BCUT2D eigenvalue weighted by Crippen LogP contribution is 2.31. The topological polar surface area (TPSA) is 77.2 Å². The Morgan fingerprint density at radius 1 is 1.23 bits per heavy atom. The lowest BCUT2D eigenvalue weighted by Crippen LogP contribution is -2.48. The van der Waals surface area contributed by atoms with Gasteiger partial charge >= 0.3 is 0 Å². The average molecular weight is 360 g/mol. The molecule has 4 rings (SSSR count). The van der Waals surface area contributed by atoms with Crippen LogP contribution in [0, 0.1) is 11.3 Å². The molecule has 0 bridgehead atoms. The minimum absolute atomic E-state index is 0.0991. The lowest BCUT2D eigenvalue weighted by molar-refractivity contribution is 0.770. The molecule has 3 heterocycles. The molecule has 128 valence electrons. The summed E-state index contributed by atoms with van der Waals surface area (Å²) >= 11 is 1.60. The number of para-hydroxylation sites is 1. The summed E-state index contributed by atoms with van der Waals surface area (Å²) in [7, 11) is 0. The average Bonchev–Trinajstić information content (AvgIpc) is 3.11. The van der Waals surface area contributed by atoms with Crippen LogP contribution in [0.2, 0.25) is 0 Å². The second-order valence-electron chi connectivity index (χ2n) is 5.76. The van der Waals surface area contributed by atoms with Crippen molar-refractivity contribution in [3.05, 3.63) is 66.6 Å². The number of guanidine groups is 1. The molecule has 0 aliphatic carbocycles. The van der Waals surface area contributed by atoms with Gasteiger partial charge in [0.1, 0.15) is 0 Å². The molecule has 1 aliphatic rings. The quantitative estimate of drug-likeness (QED) is 0.771. The Kier molecular flexibility index (Phi) is 4.58. The van der Waals surface area contributed by atoms with Gasteiger partial charge in [0.2, 0.25) is 5.96 Å². The summed E-state index contributed by atoms with van der Waals surface area (Å²) in [6.07, 6.45) is 7.70. The van der Waals surface area contributed by atoms with Crippen LogP contribution in [0.3, 0.4) is 0 Å². The van der Waals surface area contributed by atoms with Crippen molar-refractivity contribution in [1.29, 1.82) is 5.26 Å². The maximum Gasteiger partial charge on any atom is 0.205 e. The zero-order chi connectivity index (χ0) is 17.8. The predicted octanol–water partition coefficient (Wildman–Crippen LogP) is 3.45. The van der Waals surface area contributed by atoms with E-state index in [-0.39, 0.29) is 6.04 Å². The standard InChI is InChI=1S/C19H16N6S/c20-9-5-15-8-12-22-18(23-13-14-6-10-21-11-7-14)25(15)19-24-16-3-1-2-4-17(16)26-19/h1-4,6-8,10-12,15H,5,13H2,(H,22,23). The predicted molar refractivity (Wildman–Crippen MR) is 104 cm³/mol. The SMILES string of the molecule is N#CCC1C=CNC(=NCc2ccncc2)N1c1nc2ccccc2s1. The van der Waals surface area contributed by atoms with Crippen LogP contribution in [0.25, 0.3) is 10.2 Å². The summed E-state index contributed by atoms with van der Waals surface area (Å²) in [4.78, 5) is 15.5. The molecule has 0 radical (unpaired) electrons. The number of thiazole rings is 1. The van der Waals surface area contributed by atoms with Crippen molar-refractivity contribution in [2.45, 2.75) is 19.0 Å². The number of hydrogen-bond donors (Lipinski definition) is 1. The van der Waals surface area contributed by atoms with Gasteiger partial charge in [0.25, 0.3) is 0 Å². The van der Waals surface area contributed by atoms with Crippen molar-refractivity contribution in [2.24, 2.45) is 4.99 Å². The second-order valence-corrected chi connectivity index (χ2v) is 6.77. The van der Waals surface area contributed by atoms with Crippen molar-refractivity contribution < 1.29 is 0 Å². The Bertz CT molecular complexity index is 969. The summed E-state index contributed by atoms with van der Waals surface area (Å²) in [6.45, 7) is 0.527. The molecule has 0 spiro atoms. The Balaban J connectivity index is 1.71. The van der Waals surface area contributed by atoms with Crippen molar-refractivity contribution in [2.75, 3.05) is 4.90 Å². The molecule has 1 aliphatic heterocycles. The molecule has 1 aromatic carbocycles. The van der Waals surface area contributed by atoms with Gasteiger partial charge in [-0.3, -0.25) is 9.88 Å². The van der Waals surface area contributed by atoms with Crippen LogP contribution < -0.4 is 10.2 Å². The largest absolute Gasteiger partial charge is 0.333 e. The van der Waals surface area contributed by atoms with Gasteiger partial charge in [0.15, 0.2) is 5.13 Å². The number of fused-ring (bicyclic) bond motifs is 1. The van der Waals surface area contributed by atoms with Crippen molar-refractivity contribution in [3.63, 3.8) is 0 Å². The number of nitriles is 1. The third kappa shape index (κ3) is 3.27. The molecule has 0 saturated heterocycles. The molecule has 0 amide bonds. The molecule has 2 aromatic heterocycles. The van der Waals surface area contributed by atoms with E-state index in [1.54, 1.807) is 23.7 Å². The Morgan fingerprint density at radius 3 is 2.88 bits per heavy atom. The van der Waals surface area contributed by atoms with Gasteiger partial charge in [0.05, 0.1) is 35.3 Å². The van der Waals surface area contributed by atoms with E-state index in [0.717, 1.165) is 20.9 Å². The van der Waals surface area contributed by atoms with Gasteiger partial charge in [-0.05, 0) is 35.9 Å². The smallest absolute Gasteiger partial charge is 0.205 e. The van der Waals surface area contributed by atoms with Gasteiger partial charge in [-0.1, -0.05) is 23.5 Å². The summed E-state index contributed by atoms with van der Waals surface area (Å²) in [6, 6.07) is 14.1. The van der Waals surface area contributed by atoms with Gasteiger partial charge < -0.3 is 5.32 Å². The summed E-state index contributed by atoms with van der Waals surface area (Å²) in [5.74, 6) is 0.698. The first-order valence-corrected chi connectivity index (χ1v) is 9.05. The van der Waals surface area contributed by atoms with Crippen molar-refractivity contribution in [1.82, 2.24) is 15.3 Å². The lowest BCUT2D eigenvalue weighted by Gasteiger charge is -2.32. The highest BCUT2D eigenvalue weighted by molar-refractivity contribution is 7.22. The van der Waals surface area contributed by atoms with E-state index < -0.39 is 0 Å². The lowest BCUT2D eigenvalue weighted by atomic mass is 10.1. The third-order valence-electron chi connectivity index (χ3n) is 4.04. The van der Waals surface area contributed by atoms with Crippen molar-refractivity contribution in [3.8, 4) is 6.07 Å². The van der Waals surface area contributed by atoms with E-state index in [9.17, 15) is 5.26 Å². The molecule has 1 N–H and O–H groups in total. The summed E-state index contributed by atoms with van der Waals surface area (Å²) in [5, 5.41) is 13.3. The molecular weight excluding hydrogens is 344 g/mol. The number of rotatable bonds is 4. The fourth-order valence-corrected chi connectivity index (χ4v) is 3.80. The van der Waals surface area contributed by atoms with E-state index in [4.69, 9.17) is 9.98 Å². The fraction of sp³-hybridized carbons (Fsp3) is 0.158. The summed E-state index contributed by atoms with van der Waals surface area (Å²) in [5.41, 5.74) is 2.02. The summed E-state index contributed by atoms with van der Waals surface area (Å²) < 4.78 is 1.11. The zero-order valence-corrected chi connectivity index (χ0v) is 14.7. The first-order valence-electron chi connectivity index (χ1n) is 8.23. The maximum absolute atomic E-state index is 9.22. The number of pyridine rings is 1. The molecule has 1 atom stereocenters. The maximum atomic E-state index is 9.22. The number of nitrogens with zero attached hydrogens (tertiary/aromatic N) is 5. The highest BCUT2D eigenvalue weighted by Gasteiger charge is 2.27. The third-order valence-corrected chi connectivity index (χ3v) is 5.08. The minimum atomic E-state index is -0.0991. The molecule has 7 heteroatoms. The molecule has 26 heavy (non-hydrogen) atoms. The van der Waals surface area contributed by atoms with Crippen LogP contribution in [0.4, 0.5) is 5.13 Å². The Labute approximate surface area is 155 Å². The first-order chi connectivity index (χ1) is 12.8. The highest BCUT2D eigenvalue weighted by atomic mass is 32.1. The first kappa shape index (κ1) is 16.2. The molecule has 6 nitrogen and oxygen atoms in total. The number of nitrogens with one attached hydrogen (secondary N) is 1. The molecule has 1 unspecified atom stereocenters. The molecule has 3 aromatic rings. The second kappa shape index (κ2) is 7.33. The van der Waals surface area contributed by atoms with Crippen LogP contribution in [0.15, 0.2) is 66.1 Å². The van der Waals surface area contributed by atoms with Crippen molar-refractivity contribution >= 4 is 32.6 Å². The van der Waals surface area contributed by atoms with E-state index in [2.05, 4.69) is 22.4 Å². The van der Waals surface area contributed by atoms with E-state index in [1.807, 2.05) is 47.5 Å². The minimum Gasteiger partial charge on any atom is -0.333 e. The van der Waals surface area contributed by atoms with Crippen LogP contribution in [0.1, 0.15) is 12.0 Å². The number of aromatic nitrogens is 2. The van der Waals surface area contributed by atoms with Gasteiger partial charge in [0, 0.05) is 18.6 Å². The Hall–Kier alpha value is -3.24. The molecular formula is C19H16N6S. The monoisotopic (exact) mass is 360 g/mol. The number of anilines is 1. The van der Waals surface area contributed by atoms with Gasteiger partial charge in [-0.15, -0.1) is 0 Å². The molecule has 0 fully saturated rings. The van der Waals surface area contributed by atoms with Gasteiger partial charge in [-0.2, -0.15) is 5.26 Å². The number of benzene rings is 1. The number of aliphatic imine (C=N–C) groups is 1. The fourth-order valence-electron chi connectivity index (χ4n) is 2.77. The van der Waals surface area contributed by atoms with Crippen LogP contribution in [0.5, 0.6) is 0 Å². The Morgan fingerprint density at radius 2 is 2.08 bits per heavy atom.